The first kappa shape index (κ1) is 18.6. The zero-order valence-corrected chi connectivity index (χ0v) is 15.5. The summed E-state index contributed by atoms with van der Waals surface area (Å²) in [5, 5.41) is 12.0. The van der Waals surface area contributed by atoms with Crippen LogP contribution in [0.15, 0.2) is 54.9 Å². The van der Waals surface area contributed by atoms with Crippen LogP contribution in [0.4, 0.5) is 5.69 Å². The van der Waals surface area contributed by atoms with Gasteiger partial charge in [0.25, 0.3) is 5.91 Å². The summed E-state index contributed by atoms with van der Waals surface area (Å²) in [5.41, 5.74) is 1.88. The maximum absolute atomic E-state index is 12.6. The SMILES string of the molecule is CCN(CC)c1ccc([C@@H]2[C@H](C#N)C(=O)NC(=O)[C@H]2[n+]2ccccc2)cc1. The van der Waals surface area contributed by atoms with Crippen molar-refractivity contribution in [2.24, 2.45) is 5.92 Å². The van der Waals surface area contributed by atoms with Crippen LogP contribution in [0.3, 0.4) is 0 Å². The molecular formula is C21H23N4O2+. The molecule has 1 N–H and O–H groups in total. The third-order valence-corrected chi connectivity index (χ3v) is 5.10. The number of aromatic nitrogens is 1. The number of hydrogen-bond donors (Lipinski definition) is 1. The Balaban J connectivity index is 2.05. The van der Waals surface area contributed by atoms with Crippen LogP contribution >= 0.6 is 0 Å². The second-order valence-corrected chi connectivity index (χ2v) is 6.52. The molecule has 0 radical (unpaired) electrons. The minimum absolute atomic E-state index is 0.388. The van der Waals surface area contributed by atoms with Gasteiger partial charge in [-0.05, 0) is 31.5 Å². The minimum atomic E-state index is -0.931. The van der Waals surface area contributed by atoms with Gasteiger partial charge in [-0.3, -0.25) is 14.9 Å². The number of carbonyl (C=O) groups excluding carboxylic acids is 2. The van der Waals surface area contributed by atoms with Crippen molar-refractivity contribution in [2.75, 3.05) is 18.0 Å². The fourth-order valence-electron chi connectivity index (χ4n) is 3.71. The first-order valence-corrected chi connectivity index (χ1v) is 9.15. The fraction of sp³-hybridized carbons (Fsp3) is 0.333. The molecule has 1 fully saturated rings. The van der Waals surface area contributed by atoms with E-state index < -0.39 is 23.8 Å². The van der Waals surface area contributed by atoms with Gasteiger partial charge in [0, 0.05) is 30.9 Å². The number of rotatable bonds is 5. The van der Waals surface area contributed by atoms with Crippen LogP contribution < -0.4 is 14.8 Å². The summed E-state index contributed by atoms with van der Waals surface area (Å²) in [6.07, 6.45) is 3.57. The minimum Gasteiger partial charge on any atom is -0.372 e. The fourth-order valence-corrected chi connectivity index (χ4v) is 3.71. The normalized spacial score (nSPS) is 22.0. The molecule has 1 aliphatic rings. The van der Waals surface area contributed by atoms with Crippen LogP contribution in [0.25, 0.3) is 0 Å². The molecule has 3 rings (SSSR count). The maximum atomic E-state index is 12.6. The summed E-state index contributed by atoms with van der Waals surface area (Å²) in [6.45, 7) is 5.97. The van der Waals surface area contributed by atoms with E-state index in [9.17, 15) is 14.9 Å². The summed E-state index contributed by atoms with van der Waals surface area (Å²) < 4.78 is 1.76. The lowest BCUT2D eigenvalue weighted by atomic mass is 9.77. The van der Waals surface area contributed by atoms with E-state index in [-0.39, 0.29) is 5.91 Å². The molecule has 1 saturated heterocycles. The van der Waals surface area contributed by atoms with Crippen LogP contribution in [-0.2, 0) is 9.59 Å². The molecule has 27 heavy (non-hydrogen) atoms. The van der Waals surface area contributed by atoms with Gasteiger partial charge in [-0.25, -0.2) is 0 Å². The standard InChI is InChI=1S/C21H22N4O2/c1-3-24(4-2)16-10-8-15(9-11-16)18-17(14-22)20(26)23-21(27)19(18)25-12-6-5-7-13-25/h5-13,17-19H,3-4H2,1-2H3/p+1/t17-,18+,19-/m0/s1. The first-order chi connectivity index (χ1) is 13.1. The molecule has 3 atom stereocenters. The Labute approximate surface area is 159 Å². The van der Waals surface area contributed by atoms with Crippen molar-refractivity contribution in [3.8, 4) is 6.07 Å². The average molecular weight is 363 g/mol. The second kappa shape index (κ2) is 8.00. The van der Waals surface area contributed by atoms with Crippen molar-refractivity contribution < 1.29 is 14.2 Å². The third kappa shape index (κ3) is 3.54. The number of nitrogens with zero attached hydrogens (tertiary/aromatic N) is 3. The molecule has 138 valence electrons. The Morgan fingerprint density at radius 2 is 1.67 bits per heavy atom. The second-order valence-electron chi connectivity index (χ2n) is 6.52. The van der Waals surface area contributed by atoms with E-state index in [1.54, 1.807) is 17.0 Å². The van der Waals surface area contributed by atoms with E-state index in [2.05, 4.69) is 30.1 Å². The van der Waals surface area contributed by atoms with Crippen LogP contribution in [0, 0.1) is 17.2 Å². The largest absolute Gasteiger partial charge is 0.372 e. The number of anilines is 1. The number of nitrogens with one attached hydrogen (secondary N) is 1. The quantitative estimate of drug-likeness (QED) is 0.651. The van der Waals surface area contributed by atoms with E-state index in [4.69, 9.17) is 0 Å². The van der Waals surface area contributed by atoms with E-state index in [0.717, 1.165) is 24.3 Å². The summed E-state index contributed by atoms with van der Waals surface area (Å²) in [5.74, 6) is -2.40. The molecule has 0 bridgehead atoms. The first-order valence-electron chi connectivity index (χ1n) is 9.15. The Kier molecular flexibility index (Phi) is 5.51. The van der Waals surface area contributed by atoms with E-state index in [1.165, 1.54) is 0 Å². The monoisotopic (exact) mass is 363 g/mol. The zero-order chi connectivity index (χ0) is 19.4. The molecule has 1 aliphatic heterocycles. The van der Waals surface area contributed by atoms with E-state index in [0.29, 0.717) is 0 Å². The summed E-state index contributed by atoms with van der Waals surface area (Å²) in [6, 6.07) is 14.8. The summed E-state index contributed by atoms with van der Waals surface area (Å²) >= 11 is 0. The number of imide groups is 1. The summed E-state index contributed by atoms with van der Waals surface area (Å²) in [4.78, 5) is 27.2. The smallest absolute Gasteiger partial charge is 0.296 e. The number of hydrogen-bond acceptors (Lipinski definition) is 4. The molecular weight excluding hydrogens is 340 g/mol. The van der Waals surface area contributed by atoms with Gasteiger partial charge in [0.1, 0.15) is 5.92 Å². The van der Waals surface area contributed by atoms with Crippen molar-refractivity contribution in [2.45, 2.75) is 25.8 Å². The molecule has 0 saturated carbocycles. The highest BCUT2D eigenvalue weighted by molar-refractivity contribution is 6.02. The molecule has 0 aliphatic carbocycles. The summed E-state index contributed by atoms with van der Waals surface area (Å²) in [7, 11) is 0. The molecule has 6 heteroatoms. The van der Waals surface area contributed by atoms with Crippen molar-refractivity contribution in [3.05, 3.63) is 60.4 Å². The molecule has 2 heterocycles. The highest BCUT2D eigenvalue weighted by atomic mass is 16.2. The lowest BCUT2D eigenvalue weighted by Crippen LogP contribution is -2.59. The highest BCUT2D eigenvalue weighted by Crippen LogP contribution is 2.36. The number of benzene rings is 1. The van der Waals surface area contributed by atoms with Gasteiger partial charge in [0.2, 0.25) is 11.9 Å². The Bertz CT molecular complexity index is 854. The van der Waals surface area contributed by atoms with Gasteiger partial charge in [-0.1, -0.05) is 18.2 Å². The van der Waals surface area contributed by atoms with Crippen molar-refractivity contribution in [1.82, 2.24) is 5.32 Å². The Hall–Kier alpha value is -3.20. The third-order valence-electron chi connectivity index (χ3n) is 5.10. The number of nitriles is 1. The molecule has 0 unspecified atom stereocenters. The van der Waals surface area contributed by atoms with Crippen molar-refractivity contribution >= 4 is 17.5 Å². The molecule has 1 aromatic heterocycles. The van der Waals surface area contributed by atoms with Gasteiger partial charge in [-0.2, -0.15) is 9.83 Å². The molecule has 2 amide bonds. The molecule has 1 aromatic carbocycles. The van der Waals surface area contributed by atoms with Crippen LogP contribution in [0.2, 0.25) is 0 Å². The van der Waals surface area contributed by atoms with Gasteiger partial charge in [0.05, 0.1) is 12.0 Å². The molecule has 2 aromatic rings. The van der Waals surface area contributed by atoms with E-state index in [1.807, 2.05) is 42.5 Å². The number of pyridine rings is 1. The lowest BCUT2D eigenvalue weighted by molar-refractivity contribution is -0.713. The predicted octanol–water partition coefficient (Wildman–Crippen LogP) is 1.94. The van der Waals surface area contributed by atoms with Crippen LogP contribution in [0.1, 0.15) is 31.4 Å². The lowest BCUT2D eigenvalue weighted by Gasteiger charge is -2.30. The Morgan fingerprint density at radius 3 is 2.22 bits per heavy atom. The highest BCUT2D eigenvalue weighted by Gasteiger charge is 2.50. The average Bonchev–Trinajstić information content (AvgIpc) is 2.69. The van der Waals surface area contributed by atoms with Gasteiger partial charge in [0.15, 0.2) is 12.4 Å². The zero-order valence-electron chi connectivity index (χ0n) is 15.5. The Morgan fingerprint density at radius 1 is 1.04 bits per heavy atom. The number of carbonyl (C=O) groups is 2. The molecule has 6 nitrogen and oxygen atoms in total. The van der Waals surface area contributed by atoms with Crippen molar-refractivity contribution in [3.63, 3.8) is 0 Å². The maximum Gasteiger partial charge on any atom is 0.296 e. The van der Waals surface area contributed by atoms with Crippen LogP contribution in [-0.4, -0.2) is 24.9 Å². The van der Waals surface area contributed by atoms with Gasteiger partial charge in [-0.15, -0.1) is 0 Å². The van der Waals surface area contributed by atoms with Gasteiger partial charge >= 0.3 is 0 Å². The van der Waals surface area contributed by atoms with E-state index >= 15 is 0 Å². The predicted molar refractivity (Wildman–Crippen MR) is 101 cm³/mol. The van der Waals surface area contributed by atoms with Gasteiger partial charge < -0.3 is 4.90 Å². The molecule has 0 spiro atoms. The van der Waals surface area contributed by atoms with Crippen molar-refractivity contribution in [1.29, 1.82) is 5.26 Å². The topological polar surface area (TPSA) is 77.1 Å². The number of piperidine rings is 1. The number of amides is 2. The van der Waals surface area contributed by atoms with Crippen LogP contribution in [0.5, 0.6) is 0 Å².